The van der Waals surface area contributed by atoms with E-state index in [-0.39, 0.29) is 18.4 Å². The van der Waals surface area contributed by atoms with Crippen LogP contribution in [0.5, 0.6) is 0 Å². The van der Waals surface area contributed by atoms with Gasteiger partial charge in [-0.25, -0.2) is 9.80 Å². The summed E-state index contributed by atoms with van der Waals surface area (Å²) >= 11 is 0. The first-order valence-corrected chi connectivity index (χ1v) is 8.03. The smallest absolute Gasteiger partial charge is 0.331 e. The van der Waals surface area contributed by atoms with Crippen LogP contribution in [-0.4, -0.2) is 52.2 Å². The fraction of sp³-hybridized carbons (Fsp3) is 0.867. The number of rotatable bonds is 3. The quantitative estimate of drug-likeness (QED) is 0.836. The van der Waals surface area contributed by atoms with Crippen molar-refractivity contribution in [3.8, 4) is 0 Å². The maximum atomic E-state index is 12.3. The van der Waals surface area contributed by atoms with E-state index in [2.05, 4.69) is 24.3 Å². The molecule has 2 aliphatic rings. The Hall–Kier alpha value is -1.30. The van der Waals surface area contributed by atoms with Crippen LogP contribution in [0.3, 0.4) is 0 Å². The summed E-state index contributed by atoms with van der Waals surface area (Å²) in [5.74, 6) is -0.534. The molecule has 2 atom stereocenters. The van der Waals surface area contributed by atoms with Crippen molar-refractivity contribution in [3.05, 3.63) is 0 Å². The zero-order valence-corrected chi connectivity index (χ0v) is 13.0. The fourth-order valence-corrected chi connectivity index (χ4v) is 3.41. The van der Waals surface area contributed by atoms with Gasteiger partial charge in [-0.2, -0.15) is 0 Å². The van der Waals surface area contributed by atoms with E-state index in [1.807, 2.05) is 4.90 Å². The predicted molar refractivity (Wildman–Crippen MR) is 79.7 cm³/mol. The molecule has 6 heteroatoms. The monoisotopic (exact) mass is 297 g/mol. The highest BCUT2D eigenvalue weighted by atomic mass is 16.4. The van der Waals surface area contributed by atoms with E-state index in [1.54, 1.807) is 0 Å². The van der Waals surface area contributed by atoms with Crippen LogP contribution in [0.1, 0.15) is 52.4 Å². The number of likely N-dealkylation sites (tertiary alicyclic amines) is 1. The van der Waals surface area contributed by atoms with Crippen molar-refractivity contribution >= 4 is 12.0 Å². The lowest BCUT2D eigenvalue weighted by atomic mass is 9.94. The Morgan fingerprint density at radius 2 is 1.67 bits per heavy atom. The molecular weight excluding hydrogens is 270 g/mol. The Labute approximate surface area is 126 Å². The lowest BCUT2D eigenvalue weighted by Crippen LogP contribution is -2.58. The molecule has 0 aliphatic carbocycles. The van der Waals surface area contributed by atoms with Crippen molar-refractivity contribution < 1.29 is 14.7 Å². The minimum atomic E-state index is -0.742. The molecule has 2 N–H and O–H groups in total. The number of urea groups is 1. The summed E-state index contributed by atoms with van der Waals surface area (Å²) in [4.78, 5) is 24.9. The summed E-state index contributed by atoms with van der Waals surface area (Å²) in [6.07, 6.45) is 5.23. The van der Waals surface area contributed by atoms with Gasteiger partial charge in [-0.05, 0) is 45.4 Å². The van der Waals surface area contributed by atoms with E-state index in [0.29, 0.717) is 25.2 Å². The summed E-state index contributed by atoms with van der Waals surface area (Å²) in [7, 11) is 0. The number of carboxylic acid groups (broad SMARTS) is 1. The van der Waals surface area contributed by atoms with Crippen LogP contribution in [0.4, 0.5) is 4.79 Å². The minimum Gasteiger partial charge on any atom is -0.481 e. The summed E-state index contributed by atoms with van der Waals surface area (Å²) < 4.78 is 0. The summed E-state index contributed by atoms with van der Waals surface area (Å²) in [5, 5.41) is 10.9. The van der Waals surface area contributed by atoms with Gasteiger partial charge in [0.25, 0.3) is 0 Å². The Kier molecular flexibility index (Phi) is 5.45. The van der Waals surface area contributed by atoms with Crippen LogP contribution in [0.2, 0.25) is 0 Å². The van der Waals surface area contributed by atoms with Gasteiger partial charge in [0, 0.05) is 31.6 Å². The number of nitrogens with zero attached hydrogens (tertiary/aromatic N) is 2. The Morgan fingerprint density at radius 3 is 2.19 bits per heavy atom. The fourth-order valence-electron chi connectivity index (χ4n) is 3.41. The van der Waals surface area contributed by atoms with Gasteiger partial charge < -0.3 is 10.0 Å². The van der Waals surface area contributed by atoms with Gasteiger partial charge in [0.2, 0.25) is 0 Å². The molecule has 2 rings (SSSR count). The first-order valence-electron chi connectivity index (χ1n) is 8.03. The number of amides is 2. The van der Waals surface area contributed by atoms with E-state index in [0.717, 1.165) is 25.7 Å². The molecule has 0 aromatic rings. The zero-order valence-electron chi connectivity index (χ0n) is 13.0. The van der Waals surface area contributed by atoms with Gasteiger partial charge in [-0.3, -0.25) is 10.2 Å². The third kappa shape index (κ3) is 4.33. The van der Waals surface area contributed by atoms with Gasteiger partial charge >= 0.3 is 12.0 Å². The molecule has 2 saturated heterocycles. The van der Waals surface area contributed by atoms with Crippen LogP contribution < -0.4 is 5.43 Å². The number of carboxylic acids is 1. The molecule has 2 unspecified atom stereocenters. The van der Waals surface area contributed by atoms with Crippen molar-refractivity contribution in [2.24, 2.45) is 5.92 Å². The summed E-state index contributed by atoms with van der Waals surface area (Å²) in [6, 6.07) is 0.717. The van der Waals surface area contributed by atoms with Crippen LogP contribution in [-0.2, 0) is 4.79 Å². The number of hydrazine groups is 1. The van der Waals surface area contributed by atoms with Crippen molar-refractivity contribution in [2.45, 2.75) is 64.5 Å². The molecule has 2 heterocycles. The van der Waals surface area contributed by atoms with Crippen LogP contribution >= 0.6 is 0 Å². The molecule has 21 heavy (non-hydrogen) atoms. The molecule has 2 fully saturated rings. The third-order valence-corrected chi connectivity index (χ3v) is 4.78. The van der Waals surface area contributed by atoms with Crippen LogP contribution in [0, 0.1) is 5.92 Å². The second-order valence-corrected chi connectivity index (χ2v) is 6.48. The lowest BCUT2D eigenvalue weighted by molar-refractivity contribution is -0.138. The topological polar surface area (TPSA) is 72.9 Å². The standard InChI is InChI=1S/C15H27N3O3/c1-11-4-3-5-12(2)18(11)16-15(21)17-8-6-13(7-9-17)10-14(19)20/h11-13H,3-10H2,1-2H3,(H,16,21)(H,19,20). The summed E-state index contributed by atoms with van der Waals surface area (Å²) in [6.45, 7) is 5.60. The molecule has 6 nitrogen and oxygen atoms in total. The van der Waals surface area contributed by atoms with Gasteiger partial charge in [0.1, 0.15) is 0 Å². The number of piperidine rings is 2. The minimum absolute atomic E-state index is 0.0376. The first kappa shape index (κ1) is 16.1. The highest BCUT2D eigenvalue weighted by Gasteiger charge is 2.29. The number of hydrogen-bond acceptors (Lipinski definition) is 3. The zero-order chi connectivity index (χ0) is 15.4. The molecule has 0 aromatic carbocycles. The Morgan fingerprint density at radius 1 is 1.10 bits per heavy atom. The normalized spacial score (nSPS) is 28.4. The van der Waals surface area contributed by atoms with Gasteiger partial charge in [0.05, 0.1) is 0 Å². The predicted octanol–water partition coefficient (Wildman–Crippen LogP) is 2.06. The molecule has 2 amide bonds. The van der Waals surface area contributed by atoms with Crippen molar-refractivity contribution in [1.82, 2.24) is 15.3 Å². The molecule has 0 saturated carbocycles. The van der Waals surface area contributed by atoms with E-state index < -0.39 is 5.97 Å². The van der Waals surface area contributed by atoms with Crippen molar-refractivity contribution in [1.29, 1.82) is 0 Å². The molecular formula is C15H27N3O3. The number of nitrogens with one attached hydrogen (secondary N) is 1. The number of aliphatic carboxylic acids is 1. The average molecular weight is 297 g/mol. The molecule has 120 valence electrons. The number of carbonyl (C=O) groups excluding carboxylic acids is 1. The second-order valence-electron chi connectivity index (χ2n) is 6.48. The molecule has 0 spiro atoms. The van der Waals surface area contributed by atoms with Crippen LogP contribution in [0.15, 0.2) is 0 Å². The van der Waals surface area contributed by atoms with E-state index in [4.69, 9.17) is 5.11 Å². The molecule has 0 radical (unpaired) electrons. The van der Waals surface area contributed by atoms with Crippen molar-refractivity contribution in [3.63, 3.8) is 0 Å². The lowest BCUT2D eigenvalue weighted by Gasteiger charge is -2.40. The maximum Gasteiger partial charge on any atom is 0.331 e. The van der Waals surface area contributed by atoms with Gasteiger partial charge in [0.15, 0.2) is 0 Å². The van der Waals surface area contributed by atoms with E-state index in [9.17, 15) is 9.59 Å². The summed E-state index contributed by atoms with van der Waals surface area (Å²) in [5.41, 5.74) is 3.05. The van der Waals surface area contributed by atoms with Gasteiger partial charge in [-0.1, -0.05) is 6.42 Å². The first-order chi connectivity index (χ1) is 9.97. The van der Waals surface area contributed by atoms with E-state index >= 15 is 0 Å². The number of carbonyl (C=O) groups is 2. The largest absolute Gasteiger partial charge is 0.481 e. The molecule has 0 bridgehead atoms. The SMILES string of the molecule is CC1CCCC(C)N1NC(=O)N1CCC(CC(=O)O)CC1. The van der Waals surface area contributed by atoms with Crippen molar-refractivity contribution in [2.75, 3.05) is 13.1 Å². The third-order valence-electron chi connectivity index (χ3n) is 4.78. The van der Waals surface area contributed by atoms with Crippen LogP contribution in [0.25, 0.3) is 0 Å². The average Bonchev–Trinajstić information content (AvgIpc) is 2.43. The Balaban J connectivity index is 1.80. The maximum absolute atomic E-state index is 12.3. The Bertz CT molecular complexity index is 370. The molecule has 0 aromatic heterocycles. The van der Waals surface area contributed by atoms with E-state index in [1.165, 1.54) is 6.42 Å². The molecule has 2 aliphatic heterocycles. The highest BCUT2D eigenvalue weighted by Crippen LogP contribution is 2.22. The second kappa shape index (κ2) is 7.11. The van der Waals surface area contributed by atoms with Gasteiger partial charge in [-0.15, -0.1) is 0 Å². The number of hydrogen-bond donors (Lipinski definition) is 2. The highest BCUT2D eigenvalue weighted by molar-refractivity contribution is 5.74.